The van der Waals surface area contributed by atoms with Crippen LogP contribution in [0.4, 0.5) is 25.4 Å². The van der Waals surface area contributed by atoms with Gasteiger partial charge in [0.15, 0.2) is 16.8 Å². The van der Waals surface area contributed by atoms with Gasteiger partial charge in [-0.2, -0.15) is 10.5 Å². The van der Waals surface area contributed by atoms with E-state index in [0.29, 0.717) is 38.4 Å². The second-order valence-electron chi connectivity index (χ2n) is 7.20. The van der Waals surface area contributed by atoms with Gasteiger partial charge in [-0.05, 0) is 24.6 Å². The summed E-state index contributed by atoms with van der Waals surface area (Å²) in [5.41, 5.74) is 9.80. The number of hydrogen-bond donors (Lipinski definition) is 2. The van der Waals surface area contributed by atoms with E-state index in [-0.39, 0.29) is 16.9 Å². The largest absolute Gasteiger partial charge is 0.383 e. The van der Waals surface area contributed by atoms with Crippen molar-refractivity contribution in [2.45, 2.75) is 17.7 Å². The van der Waals surface area contributed by atoms with Gasteiger partial charge in [-0.1, -0.05) is 41.6 Å². The summed E-state index contributed by atoms with van der Waals surface area (Å²) in [7, 11) is 0. The highest BCUT2D eigenvalue weighted by Gasteiger charge is 2.21. The second-order valence-corrected chi connectivity index (χ2v) is 9.03. The molecule has 0 spiro atoms. The summed E-state index contributed by atoms with van der Waals surface area (Å²) in [6.45, 7) is 1.95. The first-order valence-electron chi connectivity index (χ1n) is 9.89. The van der Waals surface area contributed by atoms with Crippen molar-refractivity contribution >= 4 is 39.7 Å². The van der Waals surface area contributed by atoms with E-state index in [1.807, 2.05) is 36.6 Å². The predicted octanol–water partition coefficient (Wildman–Crippen LogP) is 6.15. The molecule has 0 amide bonds. The quantitative estimate of drug-likeness (QED) is 0.312. The number of nitrogens with one attached hydrogen (secondary N) is 1. The van der Waals surface area contributed by atoms with Crippen LogP contribution in [0.15, 0.2) is 52.9 Å². The Morgan fingerprint density at radius 2 is 1.76 bits per heavy atom. The molecule has 0 aliphatic carbocycles. The van der Waals surface area contributed by atoms with Crippen LogP contribution >= 0.6 is 23.1 Å². The molecule has 0 aliphatic heterocycles. The Morgan fingerprint density at radius 3 is 2.44 bits per heavy atom. The number of nitrogens with two attached hydrogens (primary N) is 1. The van der Waals surface area contributed by atoms with Crippen LogP contribution in [0, 0.1) is 41.2 Å². The first-order valence-corrected chi connectivity index (χ1v) is 11.8. The Labute approximate surface area is 202 Å². The maximum absolute atomic E-state index is 13.4. The van der Waals surface area contributed by atoms with Gasteiger partial charge in [0.05, 0.1) is 11.3 Å². The van der Waals surface area contributed by atoms with Gasteiger partial charge >= 0.3 is 0 Å². The van der Waals surface area contributed by atoms with Crippen molar-refractivity contribution in [3.05, 3.63) is 81.9 Å². The molecule has 6 nitrogen and oxygen atoms in total. The van der Waals surface area contributed by atoms with Crippen LogP contribution in [0.2, 0.25) is 0 Å². The lowest BCUT2D eigenvalue weighted by atomic mass is 9.96. The highest BCUT2D eigenvalue weighted by Crippen LogP contribution is 2.37. The summed E-state index contributed by atoms with van der Waals surface area (Å²) >= 11 is 2.58. The van der Waals surface area contributed by atoms with Crippen LogP contribution in [0.25, 0.3) is 11.1 Å². The van der Waals surface area contributed by atoms with E-state index in [1.165, 1.54) is 29.2 Å². The third-order valence-corrected chi connectivity index (χ3v) is 6.65. The van der Waals surface area contributed by atoms with Gasteiger partial charge in [-0.3, -0.25) is 0 Å². The third kappa shape index (κ3) is 4.84. The van der Waals surface area contributed by atoms with Gasteiger partial charge in [-0.25, -0.2) is 18.7 Å². The van der Waals surface area contributed by atoms with Crippen molar-refractivity contribution in [2.24, 2.45) is 0 Å². The molecular weight excluding hydrogens is 474 g/mol. The number of hydrogen-bond acceptors (Lipinski definition) is 8. The second kappa shape index (κ2) is 9.87. The topological polar surface area (TPSA) is 111 Å². The van der Waals surface area contributed by atoms with Crippen LogP contribution in [0.3, 0.4) is 0 Å². The summed E-state index contributed by atoms with van der Waals surface area (Å²) in [5, 5.41) is 25.2. The number of nitriles is 2. The fraction of sp³-hybridized carbons (Fsp3) is 0.0833. The molecule has 168 valence electrons. The molecule has 10 heteroatoms. The zero-order valence-electron chi connectivity index (χ0n) is 17.8. The number of rotatable bonds is 6. The van der Waals surface area contributed by atoms with E-state index in [1.54, 1.807) is 0 Å². The number of halogens is 2. The Bertz CT molecular complexity index is 1450. The Hall–Kier alpha value is -3.99. The molecule has 34 heavy (non-hydrogen) atoms. The molecule has 4 aromatic rings. The molecule has 0 atom stereocenters. The molecule has 3 N–H and O–H groups in total. The maximum Gasteiger partial charge on any atom is 0.187 e. The number of thioether (sulfide) groups is 1. The van der Waals surface area contributed by atoms with E-state index in [9.17, 15) is 19.3 Å². The number of anilines is 3. The van der Waals surface area contributed by atoms with Crippen LogP contribution in [-0.2, 0) is 5.75 Å². The van der Waals surface area contributed by atoms with Crippen LogP contribution in [0.5, 0.6) is 0 Å². The normalized spacial score (nSPS) is 10.5. The number of nitrogens with zero attached hydrogens (tertiary/aromatic N) is 4. The number of pyridine rings is 1. The molecular formula is C24H16F2N6S2. The third-order valence-electron chi connectivity index (χ3n) is 4.84. The van der Waals surface area contributed by atoms with E-state index < -0.39 is 11.6 Å². The summed E-state index contributed by atoms with van der Waals surface area (Å²) < 4.78 is 26.6. The summed E-state index contributed by atoms with van der Waals surface area (Å²) in [6.07, 6.45) is 0. The molecule has 4 rings (SSSR count). The summed E-state index contributed by atoms with van der Waals surface area (Å²) in [6, 6.07) is 15.3. The zero-order chi connectivity index (χ0) is 24.2. The van der Waals surface area contributed by atoms with E-state index in [0.717, 1.165) is 17.7 Å². The van der Waals surface area contributed by atoms with Crippen molar-refractivity contribution in [2.75, 3.05) is 11.1 Å². The number of thiazole rings is 1. The lowest BCUT2D eigenvalue weighted by Gasteiger charge is -2.13. The van der Waals surface area contributed by atoms with E-state index in [4.69, 9.17) is 5.73 Å². The lowest BCUT2D eigenvalue weighted by molar-refractivity contribution is 0.509. The minimum atomic E-state index is -0.949. The van der Waals surface area contributed by atoms with Crippen molar-refractivity contribution in [3.63, 3.8) is 0 Å². The molecule has 2 aromatic heterocycles. The van der Waals surface area contributed by atoms with Crippen molar-refractivity contribution in [1.29, 1.82) is 10.5 Å². The average Bonchev–Trinajstić information content (AvgIpc) is 3.27. The fourth-order valence-corrected chi connectivity index (χ4v) is 4.91. The highest BCUT2D eigenvalue weighted by atomic mass is 32.2. The van der Waals surface area contributed by atoms with E-state index >= 15 is 0 Å². The van der Waals surface area contributed by atoms with Crippen molar-refractivity contribution < 1.29 is 8.78 Å². The van der Waals surface area contributed by atoms with Crippen LogP contribution in [0.1, 0.15) is 22.4 Å². The van der Waals surface area contributed by atoms with Crippen molar-refractivity contribution in [1.82, 2.24) is 9.97 Å². The standard InChI is InChI=1S/C24H16F2N6S2/c1-13-2-4-14(5-3-13)21-17(9-27)22(29)32-23(18(21)10-28)33-11-16-12-34-24(31-16)30-15-6-7-19(25)20(26)8-15/h2-8,12H,11H2,1H3,(H2,29,32)(H,30,31). The number of aromatic nitrogens is 2. The monoisotopic (exact) mass is 490 g/mol. The molecule has 0 radical (unpaired) electrons. The van der Waals surface area contributed by atoms with Gasteiger partial charge in [0.2, 0.25) is 0 Å². The van der Waals surface area contributed by atoms with Crippen molar-refractivity contribution in [3.8, 4) is 23.3 Å². The Morgan fingerprint density at radius 1 is 1.03 bits per heavy atom. The van der Waals surface area contributed by atoms with Gasteiger partial charge in [0.1, 0.15) is 28.5 Å². The number of nitrogen functional groups attached to an aromatic ring is 1. The smallest absolute Gasteiger partial charge is 0.187 e. The molecule has 0 fully saturated rings. The average molecular weight is 491 g/mol. The Kier molecular flexibility index (Phi) is 6.73. The number of benzene rings is 2. The minimum Gasteiger partial charge on any atom is -0.383 e. The summed E-state index contributed by atoms with van der Waals surface area (Å²) in [5.74, 6) is -1.43. The lowest BCUT2D eigenvalue weighted by Crippen LogP contribution is -2.03. The zero-order valence-corrected chi connectivity index (χ0v) is 19.4. The molecule has 2 heterocycles. The summed E-state index contributed by atoms with van der Waals surface area (Å²) in [4.78, 5) is 8.76. The first kappa shape index (κ1) is 23.2. The van der Waals surface area contributed by atoms with Crippen LogP contribution < -0.4 is 11.1 Å². The minimum absolute atomic E-state index is 0.0542. The molecule has 0 unspecified atom stereocenters. The van der Waals surface area contributed by atoms with E-state index in [2.05, 4.69) is 27.4 Å². The molecule has 0 aliphatic rings. The Balaban J connectivity index is 1.59. The maximum atomic E-state index is 13.4. The fourth-order valence-electron chi connectivity index (χ4n) is 3.18. The first-order chi connectivity index (χ1) is 16.4. The molecule has 0 saturated carbocycles. The predicted molar refractivity (Wildman–Crippen MR) is 130 cm³/mol. The van der Waals surface area contributed by atoms with Gasteiger partial charge < -0.3 is 11.1 Å². The highest BCUT2D eigenvalue weighted by molar-refractivity contribution is 7.98. The SMILES string of the molecule is Cc1ccc(-c2c(C#N)c(N)nc(SCc3csc(Nc4ccc(F)c(F)c4)n3)c2C#N)cc1. The van der Waals surface area contributed by atoms with Gasteiger partial charge in [-0.15, -0.1) is 11.3 Å². The molecule has 0 saturated heterocycles. The van der Waals surface area contributed by atoms with Gasteiger partial charge in [0, 0.05) is 28.5 Å². The van der Waals surface area contributed by atoms with Crippen LogP contribution in [-0.4, -0.2) is 9.97 Å². The van der Waals surface area contributed by atoms with Gasteiger partial charge in [0.25, 0.3) is 0 Å². The molecule has 2 aromatic carbocycles. The molecule has 0 bridgehead atoms. The number of aryl methyl sites for hydroxylation is 1.